The molecule has 16 nitrogen and oxygen atoms in total. The van der Waals surface area contributed by atoms with Crippen molar-refractivity contribution in [3.63, 3.8) is 0 Å². The van der Waals surface area contributed by atoms with Crippen LogP contribution in [0.4, 0.5) is 22.7 Å². The quantitative estimate of drug-likeness (QED) is 0.0474. The summed E-state index contributed by atoms with van der Waals surface area (Å²) >= 11 is 12.6. The molecule has 7 rings (SSSR count). The van der Waals surface area contributed by atoms with Crippen LogP contribution in [0.2, 0.25) is 10.0 Å². The molecule has 0 amide bonds. The van der Waals surface area contributed by atoms with Crippen LogP contribution in [-0.4, -0.2) is 85.9 Å². The predicted molar refractivity (Wildman–Crippen MR) is 245 cm³/mol. The van der Waals surface area contributed by atoms with Gasteiger partial charge in [0.25, 0.3) is 10.9 Å². The number of nitrogens with one attached hydrogen (secondary N) is 4. The van der Waals surface area contributed by atoms with E-state index in [0.29, 0.717) is 25.7 Å². The van der Waals surface area contributed by atoms with Gasteiger partial charge in [-0.2, -0.15) is 4.31 Å². The summed E-state index contributed by atoms with van der Waals surface area (Å²) in [7, 11) is -4.98. The van der Waals surface area contributed by atoms with E-state index >= 15 is 0 Å². The SMILES string of the molecule is CN(C)S(=O)(=O)c1c(Cl)ccc(NC2=C(NC3(C#CCN(C)S(=O)(=O)c4c(Cl)ccc(Nc5c(NC6(c7ccccc7)CCCCC6)c(=O)c5=O)c4O)CCCCC3)C(=O)C2O)c1O. The summed E-state index contributed by atoms with van der Waals surface area (Å²) in [6.45, 7) is -0.393. The van der Waals surface area contributed by atoms with Crippen molar-refractivity contribution in [2.75, 3.05) is 43.6 Å². The summed E-state index contributed by atoms with van der Waals surface area (Å²) in [5, 5.41) is 44.7. The van der Waals surface area contributed by atoms with Crippen LogP contribution in [0.5, 0.6) is 11.5 Å². The molecule has 0 saturated heterocycles. The summed E-state index contributed by atoms with van der Waals surface area (Å²) in [5.41, 5.74) is -2.76. The van der Waals surface area contributed by atoms with Crippen LogP contribution < -0.4 is 32.1 Å². The van der Waals surface area contributed by atoms with Gasteiger partial charge in [-0.3, -0.25) is 14.4 Å². The standard InChI is InChI=1S/C44H48Cl2N6O10S2/c1-51(2)63(59,60)41-27(45)16-18-29(35(41)53)47-31-33(39(57)37(31)55)49-43(20-9-5-10-21-43)22-13-25-52(3)64(61,62)42-28(46)17-19-30(36(42)54)48-32-34(40(58)38(32)56)50-44(23-11-6-12-24-44)26-14-7-4-8-15-26/h4,7-8,14-19,37,47-50,53-55H,5-6,9-12,20-21,23-25H2,1-3H3. The lowest BCUT2D eigenvalue weighted by molar-refractivity contribution is -0.125. The van der Waals surface area contributed by atoms with Gasteiger partial charge in [0.2, 0.25) is 25.8 Å². The Morgan fingerprint density at radius 2 is 1.23 bits per heavy atom. The number of aromatic hydroxyl groups is 2. The lowest BCUT2D eigenvalue weighted by Gasteiger charge is -2.40. The topological polar surface area (TPSA) is 235 Å². The van der Waals surface area contributed by atoms with Crippen LogP contribution in [0.3, 0.4) is 0 Å². The minimum atomic E-state index is -4.56. The Hall–Kier alpha value is -5.13. The van der Waals surface area contributed by atoms with Gasteiger partial charge in [0.1, 0.15) is 26.9 Å². The first kappa shape index (κ1) is 46.9. The molecule has 0 bridgehead atoms. The number of Topliss-reactive ketones (excluding diaryl/α,β-unsaturated/α-hetero) is 1. The third-order valence-electron chi connectivity index (χ3n) is 12.1. The zero-order valence-corrected chi connectivity index (χ0v) is 38.4. The minimum absolute atomic E-state index is 0.0386. The molecule has 2 fully saturated rings. The molecule has 4 aromatic carbocycles. The number of carbonyl (C=O) groups excluding carboxylic acids is 1. The number of benzene rings is 3. The first-order chi connectivity index (χ1) is 30.2. The highest BCUT2D eigenvalue weighted by molar-refractivity contribution is 7.89. The van der Waals surface area contributed by atoms with Gasteiger partial charge in [0.15, 0.2) is 17.6 Å². The van der Waals surface area contributed by atoms with E-state index in [2.05, 4.69) is 33.1 Å². The Kier molecular flexibility index (Phi) is 13.2. The van der Waals surface area contributed by atoms with Crippen LogP contribution in [0.1, 0.15) is 69.8 Å². The number of ketones is 1. The van der Waals surface area contributed by atoms with Crippen LogP contribution >= 0.6 is 23.2 Å². The average molecular weight is 956 g/mol. The average Bonchev–Trinajstić information content (AvgIpc) is 3.27. The van der Waals surface area contributed by atoms with Gasteiger partial charge in [0, 0.05) is 21.1 Å². The maximum Gasteiger partial charge on any atom is 0.253 e. The smallest absolute Gasteiger partial charge is 0.253 e. The van der Waals surface area contributed by atoms with Gasteiger partial charge in [-0.15, -0.1) is 0 Å². The maximum atomic E-state index is 14.1. The number of anilines is 4. The molecule has 20 heteroatoms. The van der Waals surface area contributed by atoms with Gasteiger partial charge < -0.3 is 36.6 Å². The largest absolute Gasteiger partial charge is 0.504 e. The van der Waals surface area contributed by atoms with Gasteiger partial charge in [-0.1, -0.05) is 104 Å². The molecule has 0 radical (unpaired) electrons. The summed E-state index contributed by atoms with van der Waals surface area (Å²) in [4.78, 5) is 37.8. The first-order valence-corrected chi connectivity index (χ1v) is 24.3. The van der Waals surface area contributed by atoms with Gasteiger partial charge in [-0.05, 0) is 55.5 Å². The lowest BCUT2D eigenvalue weighted by atomic mass is 9.76. The van der Waals surface area contributed by atoms with Gasteiger partial charge in [0.05, 0.1) is 44.7 Å². The molecule has 340 valence electrons. The number of phenolic OH excluding ortho intramolecular Hbond substituents is 2. The van der Waals surface area contributed by atoms with Crippen molar-refractivity contribution in [2.24, 2.45) is 0 Å². The molecule has 64 heavy (non-hydrogen) atoms. The summed E-state index contributed by atoms with van der Waals surface area (Å²) in [5.74, 6) is 3.82. The van der Waals surface area contributed by atoms with E-state index in [0.717, 1.165) is 52.7 Å². The van der Waals surface area contributed by atoms with E-state index in [9.17, 15) is 46.5 Å². The molecular weight excluding hydrogens is 908 g/mol. The van der Waals surface area contributed by atoms with E-state index in [1.54, 1.807) is 0 Å². The number of carbonyl (C=O) groups is 1. The second kappa shape index (κ2) is 18.0. The van der Waals surface area contributed by atoms with E-state index in [4.69, 9.17) is 23.2 Å². The number of hydrogen-bond acceptors (Lipinski definition) is 14. The van der Waals surface area contributed by atoms with Crippen LogP contribution in [0.15, 0.2) is 85.4 Å². The fourth-order valence-corrected chi connectivity index (χ4v) is 11.6. The molecule has 1 unspecified atom stereocenters. The second-order valence-electron chi connectivity index (χ2n) is 16.5. The van der Waals surface area contributed by atoms with Crippen molar-refractivity contribution in [1.82, 2.24) is 13.9 Å². The minimum Gasteiger partial charge on any atom is -0.504 e. The zero-order chi connectivity index (χ0) is 46.4. The predicted octanol–water partition coefficient (Wildman–Crippen LogP) is 5.45. The molecule has 7 N–H and O–H groups in total. The number of sulfonamides is 2. The summed E-state index contributed by atoms with van der Waals surface area (Å²) in [6.07, 6.45) is 5.78. The Balaban J connectivity index is 1.12. The molecule has 3 aliphatic carbocycles. The fourth-order valence-electron chi connectivity index (χ4n) is 8.47. The number of aliphatic hydroxyl groups excluding tert-OH is 1. The Morgan fingerprint density at radius 3 is 1.81 bits per heavy atom. The van der Waals surface area contributed by atoms with Crippen molar-refractivity contribution >= 4 is 71.8 Å². The fraction of sp³-hybridized carbons (Fsp3) is 0.386. The number of aliphatic hydroxyl groups is 1. The van der Waals surface area contributed by atoms with E-state index in [1.807, 2.05) is 30.3 Å². The number of rotatable bonds is 14. The molecule has 4 aromatic rings. The van der Waals surface area contributed by atoms with Crippen molar-refractivity contribution in [2.45, 2.75) is 91.2 Å². The lowest BCUT2D eigenvalue weighted by Crippen LogP contribution is -2.54. The molecular formula is C44H48Cl2N6O10S2. The molecule has 3 aliphatic rings. The van der Waals surface area contributed by atoms with Crippen LogP contribution in [0, 0.1) is 11.8 Å². The van der Waals surface area contributed by atoms with Crippen molar-refractivity contribution in [3.05, 3.63) is 102 Å². The summed E-state index contributed by atoms with van der Waals surface area (Å²) in [6, 6.07) is 14.7. The van der Waals surface area contributed by atoms with Gasteiger partial charge in [-0.25, -0.2) is 21.1 Å². The van der Waals surface area contributed by atoms with Crippen LogP contribution in [-0.2, 0) is 30.4 Å². The van der Waals surface area contributed by atoms with Crippen LogP contribution in [0.25, 0.3) is 0 Å². The maximum absolute atomic E-state index is 14.1. The Labute approximate surface area is 381 Å². The van der Waals surface area contributed by atoms with Gasteiger partial charge >= 0.3 is 0 Å². The molecule has 0 aromatic heterocycles. The molecule has 0 spiro atoms. The second-order valence-corrected chi connectivity index (χ2v) is 21.4. The molecule has 0 aliphatic heterocycles. The van der Waals surface area contributed by atoms with Crippen molar-refractivity contribution in [3.8, 4) is 23.3 Å². The monoisotopic (exact) mass is 954 g/mol. The zero-order valence-electron chi connectivity index (χ0n) is 35.2. The third-order valence-corrected chi connectivity index (χ3v) is 16.8. The Bertz CT molecular complexity index is 2890. The number of nitrogens with zero attached hydrogens (tertiary/aromatic N) is 2. The third kappa shape index (κ3) is 8.58. The molecule has 0 heterocycles. The highest BCUT2D eigenvalue weighted by Gasteiger charge is 2.44. The Morgan fingerprint density at radius 1 is 0.703 bits per heavy atom. The first-order valence-electron chi connectivity index (χ1n) is 20.6. The normalized spacial score (nSPS) is 18.6. The highest BCUT2D eigenvalue weighted by atomic mass is 35.5. The molecule has 1 atom stereocenters. The van der Waals surface area contributed by atoms with Crippen molar-refractivity contribution in [1.29, 1.82) is 0 Å². The summed E-state index contributed by atoms with van der Waals surface area (Å²) < 4.78 is 55.7. The highest BCUT2D eigenvalue weighted by Crippen LogP contribution is 2.44. The van der Waals surface area contributed by atoms with E-state index < -0.39 is 81.7 Å². The van der Waals surface area contributed by atoms with E-state index in [-0.39, 0.29) is 44.2 Å². The van der Waals surface area contributed by atoms with Crippen molar-refractivity contribution < 1.29 is 36.9 Å². The number of hydrogen-bond donors (Lipinski definition) is 7. The number of phenols is 2. The van der Waals surface area contributed by atoms with E-state index in [1.165, 1.54) is 45.4 Å². The molecule has 2 saturated carbocycles. The number of halogens is 2.